The van der Waals surface area contributed by atoms with E-state index < -0.39 is 4.93 Å². The van der Waals surface area contributed by atoms with Crippen LogP contribution >= 0.6 is 12.6 Å². The molecule has 0 aromatic carbocycles. The predicted molar refractivity (Wildman–Crippen MR) is 40.2 cm³/mol. The van der Waals surface area contributed by atoms with Crippen LogP contribution in [0.25, 0.3) is 0 Å². The van der Waals surface area contributed by atoms with E-state index in [0.29, 0.717) is 19.6 Å². The van der Waals surface area contributed by atoms with Gasteiger partial charge in [0.2, 0.25) is 0 Å². The molecule has 1 saturated heterocycles. The summed E-state index contributed by atoms with van der Waals surface area (Å²) in [6.07, 6.45) is 0.221. The molecule has 0 aromatic rings. The first-order chi connectivity index (χ1) is 4.67. The van der Waals surface area contributed by atoms with E-state index in [1.807, 2.05) is 0 Å². The van der Waals surface area contributed by atoms with Gasteiger partial charge in [0.25, 0.3) is 0 Å². The lowest BCUT2D eigenvalue weighted by molar-refractivity contribution is -0.118. The monoisotopic (exact) mass is 164 g/mol. The number of hydrogen-bond acceptors (Lipinski definition) is 4. The molecule has 1 fully saturated rings. The molecule has 0 bridgehead atoms. The second-order valence-corrected chi connectivity index (χ2v) is 3.20. The molecule has 0 spiro atoms. The number of rotatable bonds is 1. The Bertz CT molecular complexity index is 116. The lowest BCUT2D eigenvalue weighted by Crippen LogP contribution is -2.46. The van der Waals surface area contributed by atoms with E-state index in [-0.39, 0.29) is 6.10 Å². The summed E-state index contributed by atoms with van der Waals surface area (Å²) in [6.45, 7) is 0.982. The number of thiol groups is 1. The van der Waals surface area contributed by atoms with Gasteiger partial charge in [0.05, 0.1) is 13.2 Å². The number of ether oxygens (including phenoxy) is 2. The Hall–Kier alpha value is 0.230. The van der Waals surface area contributed by atoms with Crippen molar-refractivity contribution in [3.8, 4) is 0 Å². The summed E-state index contributed by atoms with van der Waals surface area (Å²) in [6, 6.07) is 0. The fourth-order valence-electron chi connectivity index (χ4n) is 0.964. The third-order valence-corrected chi connectivity index (χ3v) is 2.20. The molecule has 1 aliphatic heterocycles. The molecule has 1 N–H and O–H groups in total. The van der Waals surface area contributed by atoms with Gasteiger partial charge < -0.3 is 14.6 Å². The average Bonchev–Trinajstić information content (AvgIpc) is 1.87. The van der Waals surface area contributed by atoms with Gasteiger partial charge in [0.15, 0.2) is 0 Å². The van der Waals surface area contributed by atoms with Crippen molar-refractivity contribution in [2.24, 2.45) is 0 Å². The lowest BCUT2D eigenvalue weighted by Gasteiger charge is -2.34. The molecular weight excluding hydrogens is 152 g/mol. The molecule has 0 aromatic heterocycles. The van der Waals surface area contributed by atoms with E-state index in [0.717, 1.165) is 0 Å². The number of aliphatic hydroxyl groups is 1. The van der Waals surface area contributed by atoms with Crippen LogP contribution in [0.1, 0.15) is 6.42 Å². The summed E-state index contributed by atoms with van der Waals surface area (Å²) in [5, 5.41) is 9.49. The second-order valence-electron chi connectivity index (χ2n) is 2.43. The van der Waals surface area contributed by atoms with Crippen molar-refractivity contribution in [3.05, 3.63) is 0 Å². The zero-order valence-electron chi connectivity index (χ0n) is 5.91. The van der Waals surface area contributed by atoms with E-state index in [1.165, 1.54) is 0 Å². The fraction of sp³-hybridized carbons (Fsp3) is 1.00. The van der Waals surface area contributed by atoms with Crippen LogP contribution in [0.5, 0.6) is 0 Å². The lowest BCUT2D eigenvalue weighted by atomic mass is 10.1. The molecule has 10 heavy (non-hydrogen) atoms. The molecule has 3 nitrogen and oxygen atoms in total. The largest absolute Gasteiger partial charge is 0.378 e. The van der Waals surface area contributed by atoms with Crippen molar-refractivity contribution in [3.63, 3.8) is 0 Å². The zero-order valence-corrected chi connectivity index (χ0v) is 6.80. The van der Waals surface area contributed by atoms with Crippen LogP contribution in [-0.4, -0.2) is 36.5 Å². The minimum Gasteiger partial charge on any atom is -0.378 e. The highest BCUT2D eigenvalue weighted by atomic mass is 32.1. The first-order valence-electron chi connectivity index (χ1n) is 3.22. The SMILES string of the molecule is COC1COCCC1(O)S. The van der Waals surface area contributed by atoms with Crippen molar-refractivity contribution in [1.82, 2.24) is 0 Å². The smallest absolute Gasteiger partial charge is 0.138 e. The molecule has 2 unspecified atom stereocenters. The molecule has 60 valence electrons. The minimum absolute atomic E-state index is 0.301. The summed E-state index contributed by atoms with van der Waals surface area (Å²) in [4.78, 5) is -1.01. The molecule has 4 heteroatoms. The third kappa shape index (κ3) is 1.63. The van der Waals surface area contributed by atoms with Crippen LogP contribution in [0.15, 0.2) is 0 Å². The van der Waals surface area contributed by atoms with Crippen molar-refractivity contribution < 1.29 is 14.6 Å². The molecule has 1 rings (SSSR count). The van der Waals surface area contributed by atoms with E-state index in [1.54, 1.807) is 7.11 Å². The quantitative estimate of drug-likeness (QED) is 0.424. The maximum Gasteiger partial charge on any atom is 0.138 e. The average molecular weight is 164 g/mol. The molecule has 0 saturated carbocycles. The van der Waals surface area contributed by atoms with Crippen LogP contribution in [0, 0.1) is 0 Å². The molecule has 1 heterocycles. The molecule has 2 atom stereocenters. The van der Waals surface area contributed by atoms with E-state index in [9.17, 15) is 5.11 Å². The molecular formula is C6H12O3S. The minimum atomic E-state index is -1.01. The topological polar surface area (TPSA) is 38.7 Å². The van der Waals surface area contributed by atoms with Gasteiger partial charge in [-0.1, -0.05) is 0 Å². The molecule has 1 aliphatic rings. The molecule has 0 amide bonds. The standard InChI is InChI=1S/C6H12O3S/c1-8-5-4-9-3-2-6(5,7)10/h5,7,10H,2-4H2,1H3. The van der Waals surface area contributed by atoms with Crippen LogP contribution in [0.4, 0.5) is 0 Å². The second kappa shape index (κ2) is 3.09. The summed E-state index contributed by atoms with van der Waals surface area (Å²) in [7, 11) is 1.54. The van der Waals surface area contributed by atoms with Gasteiger partial charge in [0, 0.05) is 13.5 Å². The van der Waals surface area contributed by atoms with Gasteiger partial charge in [-0.15, -0.1) is 12.6 Å². The summed E-state index contributed by atoms with van der Waals surface area (Å²) >= 11 is 4.04. The Morgan fingerprint density at radius 1 is 1.80 bits per heavy atom. The molecule has 0 radical (unpaired) electrons. The van der Waals surface area contributed by atoms with Gasteiger partial charge >= 0.3 is 0 Å². The Labute approximate surface area is 65.7 Å². The van der Waals surface area contributed by atoms with E-state index >= 15 is 0 Å². The first kappa shape index (κ1) is 8.33. The van der Waals surface area contributed by atoms with Gasteiger partial charge in [-0.25, -0.2) is 0 Å². The van der Waals surface area contributed by atoms with E-state index in [4.69, 9.17) is 9.47 Å². The zero-order chi connectivity index (χ0) is 7.61. The summed E-state index contributed by atoms with van der Waals surface area (Å²) < 4.78 is 10.0. The fourth-order valence-corrected chi connectivity index (χ4v) is 1.24. The summed E-state index contributed by atoms with van der Waals surface area (Å²) in [5.41, 5.74) is 0. The third-order valence-electron chi connectivity index (χ3n) is 1.68. The normalized spacial score (nSPS) is 41.7. The highest BCUT2D eigenvalue weighted by molar-refractivity contribution is 7.81. The predicted octanol–water partition coefficient (Wildman–Crippen LogP) is 0.0401. The first-order valence-corrected chi connectivity index (χ1v) is 3.67. The van der Waals surface area contributed by atoms with E-state index in [2.05, 4.69) is 12.6 Å². The highest BCUT2D eigenvalue weighted by Crippen LogP contribution is 2.26. The summed E-state index contributed by atoms with van der Waals surface area (Å²) in [5.74, 6) is 0. The Morgan fingerprint density at radius 3 is 2.90 bits per heavy atom. The maximum atomic E-state index is 9.49. The van der Waals surface area contributed by atoms with Crippen molar-refractivity contribution >= 4 is 12.6 Å². The highest BCUT2D eigenvalue weighted by Gasteiger charge is 2.36. The van der Waals surface area contributed by atoms with Gasteiger partial charge in [-0.05, 0) is 0 Å². The number of hydrogen-bond donors (Lipinski definition) is 2. The van der Waals surface area contributed by atoms with Crippen molar-refractivity contribution in [2.45, 2.75) is 17.5 Å². The van der Waals surface area contributed by atoms with Crippen LogP contribution < -0.4 is 0 Å². The Kier molecular flexibility index (Phi) is 2.57. The van der Waals surface area contributed by atoms with Crippen LogP contribution in [0.3, 0.4) is 0 Å². The van der Waals surface area contributed by atoms with Crippen LogP contribution in [0.2, 0.25) is 0 Å². The Morgan fingerprint density at radius 2 is 2.50 bits per heavy atom. The number of methoxy groups -OCH3 is 1. The molecule has 0 aliphatic carbocycles. The van der Waals surface area contributed by atoms with Gasteiger partial charge in [-0.2, -0.15) is 0 Å². The van der Waals surface area contributed by atoms with Gasteiger partial charge in [0.1, 0.15) is 11.0 Å². The van der Waals surface area contributed by atoms with Crippen LogP contribution in [-0.2, 0) is 9.47 Å². The Balaban J connectivity index is 2.51. The maximum absolute atomic E-state index is 9.49. The van der Waals surface area contributed by atoms with Crippen molar-refractivity contribution in [2.75, 3.05) is 20.3 Å². The van der Waals surface area contributed by atoms with Crippen molar-refractivity contribution in [1.29, 1.82) is 0 Å². The van der Waals surface area contributed by atoms with Gasteiger partial charge in [-0.3, -0.25) is 0 Å².